The highest BCUT2D eigenvalue weighted by Crippen LogP contribution is 2.22. The number of nitrogens with one attached hydrogen (secondary N) is 1. The first kappa shape index (κ1) is 20.6. The standard InChI is InChI=1S/C20H36N4O3/c1-27-20(26)3-2-17-6-10-24(11-7-17)19(25)16-22-12-14-23(15-13-22)18-4-8-21-9-5-18/h17-18,21H,2-16H2,1H3. The molecule has 3 aliphatic heterocycles. The van der Waals surface area contributed by atoms with E-state index < -0.39 is 0 Å². The number of rotatable bonds is 6. The third kappa shape index (κ3) is 6.16. The molecule has 154 valence electrons. The maximum Gasteiger partial charge on any atom is 0.305 e. The van der Waals surface area contributed by atoms with Crippen LogP contribution >= 0.6 is 0 Å². The average molecular weight is 381 g/mol. The normalized spacial score (nSPS) is 24.1. The monoisotopic (exact) mass is 380 g/mol. The van der Waals surface area contributed by atoms with E-state index in [1.807, 2.05) is 4.90 Å². The van der Waals surface area contributed by atoms with Crippen LogP contribution in [-0.4, -0.2) is 98.6 Å². The number of carbonyl (C=O) groups is 2. The molecule has 0 aromatic heterocycles. The van der Waals surface area contributed by atoms with E-state index >= 15 is 0 Å². The lowest BCUT2D eigenvalue weighted by Crippen LogP contribution is -2.54. The van der Waals surface area contributed by atoms with E-state index in [1.54, 1.807) is 0 Å². The molecule has 0 unspecified atom stereocenters. The Morgan fingerprint density at radius 2 is 1.63 bits per heavy atom. The summed E-state index contributed by atoms with van der Waals surface area (Å²) < 4.78 is 4.72. The third-order valence-corrected chi connectivity index (χ3v) is 6.54. The fourth-order valence-corrected chi connectivity index (χ4v) is 4.64. The zero-order valence-electron chi connectivity index (χ0n) is 16.8. The van der Waals surface area contributed by atoms with E-state index in [0.29, 0.717) is 18.9 Å². The molecule has 0 aromatic rings. The number of likely N-dealkylation sites (tertiary alicyclic amines) is 1. The minimum absolute atomic E-state index is 0.128. The minimum atomic E-state index is -0.128. The number of ether oxygens (including phenoxy) is 1. The number of hydrogen-bond donors (Lipinski definition) is 1. The Morgan fingerprint density at radius 1 is 0.963 bits per heavy atom. The van der Waals surface area contributed by atoms with E-state index in [2.05, 4.69) is 15.1 Å². The van der Waals surface area contributed by atoms with Crippen molar-refractivity contribution in [2.24, 2.45) is 5.92 Å². The summed E-state index contributed by atoms with van der Waals surface area (Å²) >= 11 is 0. The van der Waals surface area contributed by atoms with Gasteiger partial charge in [0.05, 0.1) is 13.7 Å². The first-order valence-corrected chi connectivity index (χ1v) is 10.7. The van der Waals surface area contributed by atoms with Crippen molar-refractivity contribution in [2.45, 2.75) is 44.6 Å². The van der Waals surface area contributed by atoms with Gasteiger partial charge in [-0.25, -0.2) is 0 Å². The average Bonchev–Trinajstić information content (AvgIpc) is 2.73. The Morgan fingerprint density at radius 3 is 2.26 bits per heavy atom. The van der Waals surface area contributed by atoms with Gasteiger partial charge in [0.25, 0.3) is 0 Å². The van der Waals surface area contributed by atoms with Gasteiger partial charge >= 0.3 is 5.97 Å². The number of piperazine rings is 1. The number of piperidine rings is 2. The van der Waals surface area contributed by atoms with Crippen LogP contribution in [0.4, 0.5) is 0 Å². The van der Waals surface area contributed by atoms with Crippen molar-refractivity contribution in [2.75, 3.05) is 66.0 Å². The first-order valence-electron chi connectivity index (χ1n) is 10.7. The first-order chi connectivity index (χ1) is 13.2. The Kier molecular flexibility index (Phi) is 7.91. The van der Waals surface area contributed by atoms with Crippen molar-refractivity contribution < 1.29 is 14.3 Å². The summed E-state index contributed by atoms with van der Waals surface area (Å²) in [6.07, 6.45) is 5.90. The van der Waals surface area contributed by atoms with Crippen molar-refractivity contribution in [1.82, 2.24) is 20.0 Å². The smallest absolute Gasteiger partial charge is 0.305 e. The predicted molar refractivity (Wildman–Crippen MR) is 104 cm³/mol. The van der Waals surface area contributed by atoms with E-state index in [-0.39, 0.29) is 11.9 Å². The summed E-state index contributed by atoms with van der Waals surface area (Å²) in [4.78, 5) is 30.9. The molecule has 1 N–H and O–H groups in total. The van der Waals surface area contributed by atoms with Gasteiger partial charge in [-0.1, -0.05) is 0 Å². The SMILES string of the molecule is COC(=O)CCC1CCN(C(=O)CN2CCN(C3CCNCC3)CC2)CC1. The molecule has 0 atom stereocenters. The molecule has 0 aromatic carbocycles. The molecule has 1 amide bonds. The number of methoxy groups -OCH3 is 1. The molecular formula is C20H36N4O3. The van der Waals surface area contributed by atoms with Crippen LogP contribution in [0.3, 0.4) is 0 Å². The number of esters is 1. The molecule has 3 rings (SSSR count). The molecule has 0 bridgehead atoms. The summed E-state index contributed by atoms with van der Waals surface area (Å²) in [6.45, 7) is 8.70. The third-order valence-electron chi connectivity index (χ3n) is 6.54. The number of hydrogen-bond acceptors (Lipinski definition) is 6. The van der Waals surface area contributed by atoms with Gasteiger partial charge < -0.3 is 15.0 Å². The Bertz CT molecular complexity index is 480. The van der Waals surface area contributed by atoms with Gasteiger partial charge in [-0.2, -0.15) is 0 Å². The van der Waals surface area contributed by atoms with Crippen LogP contribution in [0.2, 0.25) is 0 Å². The second-order valence-electron chi connectivity index (χ2n) is 8.23. The molecule has 3 aliphatic rings. The molecule has 3 heterocycles. The lowest BCUT2D eigenvalue weighted by atomic mass is 9.92. The van der Waals surface area contributed by atoms with Crippen molar-refractivity contribution >= 4 is 11.9 Å². The maximum absolute atomic E-state index is 12.7. The quantitative estimate of drug-likeness (QED) is 0.679. The fraction of sp³-hybridized carbons (Fsp3) is 0.900. The molecule has 3 saturated heterocycles. The van der Waals surface area contributed by atoms with Crippen LogP contribution < -0.4 is 5.32 Å². The summed E-state index contributed by atoms with van der Waals surface area (Å²) in [5.74, 6) is 0.690. The van der Waals surface area contributed by atoms with Crippen molar-refractivity contribution in [3.8, 4) is 0 Å². The van der Waals surface area contributed by atoms with Gasteiger partial charge in [0.2, 0.25) is 5.91 Å². The fourth-order valence-electron chi connectivity index (χ4n) is 4.64. The molecule has 3 fully saturated rings. The summed E-state index contributed by atoms with van der Waals surface area (Å²) in [5.41, 5.74) is 0. The van der Waals surface area contributed by atoms with Gasteiger partial charge in [0.1, 0.15) is 0 Å². The number of carbonyl (C=O) groups excluding carboxylic acids is 2. The summed E-state index contributed by atoms with van der Waals surface area (Å²) in [6, 6.07) is 0.730. The zero-order valence-corrected chi connectivity index (χ0v) is 16.8. The molecule has 0 aliphatic carbocycles. The lowest BCUT2D eigenvalue weighted by Gasteiger charge is -2.41. The van der Waals surface area contributed by atoms with Crippen molar-refractivity contribution in [3.05, 3.63) is 0 Å². The van der Waals surface area contributed by atoms with Gasteiger partial charge in [-0.3, -0.25) is 19.4 Å². The van der Waals surface area contributed by atoms with Gasteiger partial charge in [0, 0.05) is 51.7 Å². The van der Waals surface area contributed by atoms with E-state index in [4.69, 9.17) is 4.74 Å². The molecule has 27 heavy (non-hydrogen) atoms. The van der Waals surface area contributed by atoms with Gasteiger partial charge in [-0.05, 0) is 51.1 Å². The Hall–Kier alpha value is -1.18. The largest absolute Gasteiger partial charge is 0.469 e. The Labute approximate surface area is 163 Å². The maximum atomic E-state index is 12.7. The molecule has 0 saturated carbocycles. The van der Waals surface area contributed by atoms with Crippen LogP contribution in [0.5, 0.6) is 0 Å². The van der Waals surface area contributed by atoms with Crippen LogP contribution in [0.25, 0.3) is 0 Å². The molecule has 7 nitrogen and oxygen atoms in total. The second kappa shape index (κ2) is 10.4. The minimum Gasteiger partial charge on any atom is -0.469 e. The summed E-state index contributed by atoms with van der Waals surface area (Å²) in [5, 5.41) is 3.43. The van der Waals surface area contributed by atoms with E-state index in [9.17, 15) is 9.59 Å². The predicted octanol–water partition coefficient (Wildman–Crippen LogP) is 0.548. The van der Waals surface area contributed by atoms with Crippen LogP contribution in [0.1, 0.15) is 38.5 Å². The summed E-state index contributed by atoms with van der Waals surface area (Å²) in [7, 11) is 1.44. The molecule has 0 spiro atoms. The van der Waals surface area contributed by atoms with Gasteiger partial charge in [-0.15, -0.1) is 0 Å². The molecule has 0 radical (unpaired) electrons. The van der Waals surface area contributed by atoms with Crippen LogP contribution in [0.15, 0.2) is 0 Å². The van der Waals surface area contributed by atoms with Crippen molar-refractivity contribution in [1.29, 1.82) is 0 Å². The lowest BCUT2D eigenvalue weighted by molar-refractivity contribution is -0.141. The highest BCUT2D eigenvalue weighted by atomic mass is 16.5. The zero-order chi connectivity index (χ0) is 19.1. The highest BCUT2D eigenvalue weighted by Gasteiger charge is 2.28. The van der Waals surface area contributed by atoms with Crippen molar-refractivity contribution in [3.63, 3.8) is 0 Å². The highest BCUT2D eigenvalue weighted by molar-refractivity contribution is 5.78. The second-order valence-corrected chi connectivity index (χ2v) is 8.23. The molecule has 7 heteroatoms. The Balaban J connectivity index is 1.32. The van der Waals surface area contributed by atoms with Gasteiger partial charge in [0.15, 0.2) is 0 Å². The number of nitrogens with zero attached hydrogens (tertiary/aromatic N) is 3. The van der Waals surface area contributed by atoms with Crippen LogP contribution in [0, 0.1) is 5.92 Å². The van der Waals surface area contributed by atoms with E-state index in [1.165, 1.54) is 20.0 Å². The number of amides is 1. The molecular weight excluding hydrogens is 344 g/mol. The van der Waals surface area contributed by atoms with E-state index in [0.717, 1.165) is 77.7 Å². The van der Waals surface area contributed by atoms with Crippen LogP contribution in [-0.2, 0) is 14.3 Å². The topological polar surface area (TPSA) is 65.1 Å².